The maximum Gasteiger partial charge on any atom is 0.173 e. The fourth-order valence-corrected chi connectivity index (χ4v) is 4.54. The summed E-state index contributed by atoms with van der Waals surface area (Å²) in [5.74, 6) is -0.0675. The van der Waals surface area contributed by atoms with E-state index in [1.807, 2.05) is 11.8 Å². The van der Waals surface area contributed by atoms with Crippen LogP contribution in [0.15, 0.2) is 24.3 Å². The number of anilines is 1. The number of halogens is 1. The molecular weight excluding hydrogens is 311 g/mol. The van der Waals surface area contributed by atoms with Crippen LogP contribution >= 0.6 is 12.2 Å². The molecule has 116 valence electrons. The highest BCUT2D eigenvalue weighted by Crippen LogP contribution is 2.20. The Bertz CT molecular complexity index is 619. The Balaban J connectivity index is 2.11. The van der Waals surface area contributed by atoms with Gasteiger partial charge < -0.3 is 10.2 Å². The standard InChI is InChI=1S/C14H19FN2O2S2/c1-2-8-17(11-7-9-21(18,19)10-11)14(20)16-13-6-4-3-5-12(13)15/h3-6,11H,2,7-10H2,1H3,(H,16,20)/t11-/m0/s1. The molecule has 1 fully saturated rings. The molecule has 1 saturated heterocycles. The highest BCUT2D eigenvalue weighted by atomic mass is 32.2. The minimum atomic E-state index is -2.98. The van der Waals surface area contributed by atoms with Gasteiger partial charge in [0.1, 0.15) is 5.82 Å². The molecule has 1 aliphatic heterocycles. The molecule has 1 heterocycles. The predicted molar refractivity (Wildman–Crippen MR) is 86.7 cm³/mol. The Morgan fingerprint density at radius 1 is 1.48 bits per heavy atom. The average molecular weight is 330 g/mol. The van der Waals surface area contributed by atoms with E-state index in [0.717, 1.165) is 6.42 Å². The highest BCUT2D eigenvalue weighted by molar-refractivity contribution is 7.91. The molecule has 0 spiro atoms. The quantitative estimate of drug-likeness (QED) is 0.859. The van der Waals surface area contributed by atoms with Crippen LogP contribution in [0.3, 0.4) is 0 Å². The van der Waals surface area contributed by atoms with Crippen molar-refractivity contribution in [3.63, 3.8) is 0 Å². The predicted octanol–water partition coefficient (Wildman–Crippen LogP) is 2.42. The monoisotopic (exact) mass is 330 g/mol. The molecule has 1 N–H and O–H groups in total. The molecule has 1 aromatic carbocycles. The second-order valence-electron chi connectivity index (χ2n) is 5.16. The van der Waals surface area contributed by atoms with Gasteiger partial charge in [-0.25, -0.2) is 12.8 Å². The Labute approximate surface area is 130 Å². The van der Waals surface area contributed by atoms with Crippen LogP contribution < -0.4 is 5.32 Å². The first-order valence-corrected chi connectivity index (χ1v) is 9.18. The smallest absolute Gasteiger partial charge is 0.173 e. The highest BCUT2D eigenvalue weighted by Gasteiger charge is 2.33. The first kappa shape index (κ1) is 16.2. The summed E-state index contributed by atoms with van der Waals surface area (Å²) < 4.78 is 36.9. The van der Waals surface area contributed by atoms with Gasteiger partial charge in [-0.2, -0.15) is 0 Å². The normalized spacial score (nSPS) is 20.2. The topological polar surface area (TPSA) is 49.4 Å². The van der Waals surface area contributed by atoms with Crippen molar-refractivity contribution in [2.75, 3.05) is 23.4 Å². The van der Waals surface area contributed by atoms with Crippen molar-refractivity contribution in [1.29, 1.82) is 0 Å². The summed E-state index contributed by atoms with van der Waals surface area (Å²) in [6, 6.07) is 6.17. The second kappa shape index (κ2) is 6.70. The average Bonchev–Trinajstić information content (AvgIpc) is 2.78. The number of nitrogens with zero attached hydrogens (tertiary/aromatic N) is 1. The van der Waals surface area contributed by atoms with Crippen molar-refractivity contribution in [2.24, 2.45) is 0 Å². The van der Waals surface area contributed by atoms with Gasteiger partial charge in [0.2, 0.25) is 0 Å². The first-order chi connectivity index (χ1) is 9.93. The summed E-state index contributed by atoms with van der Waals surface area (Å²) in [6.07, 6.45) is 1.41. The zero-order valence-corrected chi connectivity index (χ0v) is 13.5. The van der Waals surface area contributed by atoms with Crippen molar-refractivity contribution in [2.45, 2.75) is 25.8 Å². The number of hydrogen-bond acceptors (Lipinski definition) is 3. The van der Waals surface area contributed by atoms with Crippen LogP contribution in [0.2, 0.25) is 0 Å². The van der Waals surface area contributed by atoms with Crippen LogP contribution in [0.1, 0.15) is 19.8 Å². The molecule has 0 radical (unpaired) electrons. The number of thiocarbonyl (C=S) groups is 1. The molecule has 0 bridgehead atoms. The molecule has 4 nitrogen and oxygen atoms in total. The molecule has 21 heavy (non-hydrogen) atoms. The van der Waals surface area contributed by atoms with Crippen molar-refractivity contribution >= 4 is 32.9 Å². The first-order valence-electron chi connectivity index (χ1n) is 6.95. The molecule has 2 rings (SSSR count). The van der Waals surface area contributed by atoms with E-state index < -0.39 is 9.84 Å². The van der Waals surface area contributed by atoms with E-state index in [1.165, 1.54) is 6.07 Å². The van der Waals surface area contributed by atoms with E-state index in [1.54, 1.807) is 18.2 Å². The molecule has 0 saturated carbocycles. The maximum absolute atomic E-state index is 13.7. The van der Waals surface area contributed by atoms with Gasteiger partial charge in [-0.15, -0.1) is 0 Å². The zero-order chi connectivity index (χ0) is 15.5. The number of sulfone groups is 1. The van der Waals surface area contributed by atoms with Gasteiger partial charge in [0.25, 0.3) is 0 Å². The van der Waals surface area contributed by atoms with Gasteiger partial charge in [0.15, 0.2) is 14.9 Å². The van der Waals surface area contributed by atoms with Gasteiger partial charge in [-0.3, -0.25) is 0 Å². The molecule has 0 aliphatic carbocycles. The van der Waals surface area contributed by atoms with Crippen LogP contribution in [-0.2, 0) is 9.84 Å². The fourth-order valence-electron chi connectivity index (χ4n) is 2.46. The third-order valence-corrected chi connectivity index (χ3v) is 5.58. The Hall–Kier alpha value is -1.21. The lowest BCUT2D eigenvalue weighted by Crippen LogP contribution is -2.44. The lowest BCUT2D eigenvalue weighted by atomic mass is 10.2. The maximum atomic E-state index is 13.7. The van der Waals surface area contributed by atoms with Crippen LogP contribution in [0, 0.1) is 5.82 Å². The molecule has 1 aliphatic rings. The molecule has 7 heteroatoms. The summed E-state index contributed by atoms with van der Waals surface area (Å²) in [5, 5.41) is 3.27. The van der Waals surface area contributed by atoms with Crippen LogP contribution in [0.4, 0.5) is 10.1 Å². The van der Waals surface area contributed by atoms with Crippen LogP contribution in [-0.4, -0.2) is 42.5 Å². The summed E-state index contributed by atoms with van der Waals surface area (Å²) in [7, 11) is -2.98. The third-order valence-electron chi connectivity index (χ3n) is 3.49. The lowest BCUT2D eigenvalue weighted by Gasteiger charge is -2.30. The summed E-state index contributed by atoms with van der Waals surface area (Å²) in [6.45, 7) is 2.66. The van der Waals surface area contributed by atoms with Gasteiger partial charge >= 0.3 is 0 Å². The van der Waals surface area contributed by atoms with Crippen molar-refractivity contribution < 1.29 is 12.8 Å². The van der Waals surface area contributed by atoms with Gasteiger partial charge in [-0.05, 0) is 37.2 Å². The van der Waals surface area contributed by atoms with Crippen LogP contribution in [0.5, 0.6) is 0 Å². The van der Waals surface area contributed by atoms with E-state index in [0.29, 0.717) is 23.8 Å². The van der Waals surface area contributed by atoms with E-state index in [4.69, 9.17) is 12.2 Å². The number of para-hydroxylation sites is 1. The summed E-state index contributed by atoms with van der Waals surface area (Å²) in [5.41, 5.74) is 0.310. The lowest BCUT2D eigenvalue weighted by molar-refractivity contribution is 0.339. The number of hydrogen-bond donors (Lipinski definition) is 1. The van der Waals surface area contributed by atoms with E-state index in [-0.39, 0.29) is 23.4 Å². The van der Waals surface area contributed by atoms with Gasteiger partial charge in [0, 0.05) is 12.6 Å². The molecule has 0 aromatic heterocycles. The Morgan fingerprint density at radius 3 is 2.76 bits per heavy atom. The molecular formula is C14H19FN2O2S2. The fraction of sp³-hybridized carbons (Fsp3) is 0.500. The molecule has 0 amide bonds. The number of nitrogens with one attached hydrogen (secondary N) is 1. The minimum absolute atomic E-state index is 0.117. The Morgan fingerprint density at radius 2 is 2.19 bits per heavy atom. The van der Waals surface area contributed by atoms with Gasteiger partial charge in [-0.1, -0.05) is 19.1 Å². The largest absolute Gasteiger partial charge is 0.345 e. The van der Waals surface area contributed by atoms with Crippen molar-refractivity contribution in [1.82, 2.24) is 4.90 Å². The minimum Gasteiger partial charge on any atom is -0.345 e. The van der Waals surface area contributed by atoms with Crippen LogP contribution in [0.25, 0.3) is 0 Å². The third kappa shape index (κ3) is 4.14. The SMILES string of the molecule is CCCN(C(=S)Nc1ccccc1F)[C@H]1CCS(=O)(=O)C1. The van der Waals surface area contributed by atoms with E-state index in [2.05, 4.69) is 5.32 Å². The van der Waals surface area contributed by atoms with Crippen molar-refractivity contribution in [3.05, 3.63) is 30.1 Å². The van der Waals surface area contributed by atoms with Gasteiger partial charge in [0.05, 0.1) is 17.2 Å². The Kier molecular flexibility index (Phi) is 5.16. The molecule has 1 aromatic rings. The molecule has 0 unspecified atom stereocenters. The number of benzene rings is 1. The summed E-state index contributed by atoms with van der Waals surface area (Å²) in [4.78, 5) is 1.87. The summed E-state index contributed by atoms with van der Waals surface area (Å²) >= 11 is 5.35. The molecule has 1 atom stereocenters. The number of rotatable bonds is 4. The van der Waals surface area contributed by atoms with E-state index >= 15 is 0 Å². The zero-order valence-electron chi connectivity index (χ0n) is 11.9. The second-order valence-corrected chi connectivity index (χ2v) is 7.78. The van der Waals surface area contributed by atoms with E-state index in [9.17, 15) is 12.8 Å². The van der Waals surface area contributed by atoms with Crippen molar-refractivity contribution in [3.8, 4) is 0 Å².